The Morgan fingerprint density at radius 2 is 2.00 bits per heavy atom. The van der Waals surface area contributed by atoms with E-state index in [0.29, 0.717) is 19.1 Å². The van der Waals surface area contributed by atoms with Crippen LogP contribution < -0.4 is 15.4 Å². The van der Waals surface area contributed by atoms with Crippen LogP contribution in [0, 0.1) is 0 Å². The summed E-state index contributed by atoms with van der Waals surface area (Å²) in [7, 11) is 1.79. The first-order chi connectivity index (χ1) is 13.7. The first-order valence-electron chi connectivity index (χ1n) is 9.33. The first kappa shape index (κ1) is 19.9. The van der Waals surface area contributed by atoms with Gasteiger partial charge in [0.25, 0.3) is 0 Å². The fraction of sp³-hybridized carbons (Fsp3) is 0.273. The molecule has 0 aliphatic heterocycles. The molecule has 6 heteroatoms. The van der Waals surface area contributed by atoms with E-state index >= 15 is 0 Å². The summed E-state index contributed by atoms with van der Waals surface area (Å²) in [6.07, 6.45) is 1.77. The van der Waals surface area contributed by atoms with Crippen molar-refractivity contribution in [2.24, 2.45) is 4.99 Å². The third-order valence-corrected chi connectivity index (χ3v) is 5.11. The summed E-state index contributed by atoms with van der Waals surface area (Å²) in [4.78, 5) is 8.56. The largest absolute Gasteiger partial charge is 0.487 e. The lowest BCUT2D eigenvalue weighted by Gasteiger charge is -2.15. The molecule has 3 rings (SSSR count). The molecule has 0 aliphatic carbocycles. The van der Waals surface area contributed by atoms with E-state index in [0.717, 1.165) is 23.9 Å². The van der Waals surface area contributed by atoms with Crippen LogP contribution in [-0.2, 0) is 13.2 Å². The van der Waals surface area contributed by atoms with Crippen molar-refractivity contribution in [2.45, 2.75) is 26.0 Å². The molecular formula is C22H26N4OS. The number of nitrogens with zero attached hydrogens (tertiary/aromatic N) is 2. The van der Waals surface area contributed by atoms with Crippen LogP contribution in [0.5, 0.6) is 5.75 Å². The van der Waals surface area contributed by atoms with Crippen LogP contribution in [0.4, 0.5) is 0 Å². The van der Waals surface area contributed by atoms with Crippen LogP contribution >= 0.6 is 11.3 Å². The van der Waals surface area contributed by atoms with Crippen LogP contribution in [-0.4, -0.2) is 24.5 Å². The topological polar surface area (TPSA) is 58.5 Å². The summed E-state index contributed by atoms with van der Waals surface area (Å²) in [5.74, 6) is 2.08. The molecule has 0 aliphatic rings. The van der Waals surface area contributed by atoms with Crippen LogP contribution in [0.3, 0.4) is 0 Å². The average Bonchev–Trinajstić information content (AvgIpc) is 3.29. The number of pyridine rings is 1. The van der Waals surface area contributed by atoms with Crippen LogP contribution in [0.2, 0.25) is 0 Å². The molecule has 3 aromatic rings. The molecule has 2 N–H and O–H groups in total. The van der Waals surface area contributed by atoms with E-state index in [1.165, 1.54) is 11.1 Å². The SMILES string of the molecule is CN=C(NCc1ccc(OCc2ccccn2)cc1)NCC(C)c1ccsc1. The third kappa shape index (κ3) is 6.09. The van der Waals surface area contributed by atoms with Gasteiger partial charge >= 0.3 is 0 Å². The van der Waals surface area contributed by atoms with Crippen molar-refractivity contribution >= 4 is 17.3 Å². The maximum absolute atomic E-state index is 5.78. The lowest BCUT2D eigenvalue weighted by molar-refractivity contribution is 0.301. The number of aliphatic imine (C=N–C) groups is 1. The molecule has 0 amide bonds. The minimum Gasteiger partial charge on any atom is -0.487 e. The number of hydrogen-bond donors (Lipinski definition) is 2. The number of benzene rings is 1. The number of thiophene rings is 1. The quantitative estimate of drug-likeness (QED) is 0.444. The zero-order chi connectivity index (χ0) is 19.6. The molecule has 1 atom stereocenters. The summed E-state index contributed by atoms with van der Waals surface area (Å²) >= 11 is 1.73. The first-order valence-corrected chi connectivity index (χ1v) is 10.3. The molecule has 146 valence electrons. The highest BCUT2D eigenvalue weighted by Gasteiger charge is 2.07. The van der Waals surface area contributed by atoms with Crippen molar-refractivity contribution in [3.8, 4) is 5.75 Å². The fourth-order valence-corrected chi connectivity index (χ4v) is 3.46. The van der Waals surface area contributed by atoms with Gasteiger partial charge in [-0.15, -0.1) is 0 Å². The number of nitrogens with one attached hydrogen (secondary N) is 2. The van der Waals surface area contributed by atoms with Gasteiger partial charge in [0.15, 0.2) is 5.96 Å². The summed E-state index contributed by atoms with van der Waals surface area (Å²) in [6, 6.07) is 16.1. The summed E-state index contributed by atoms with van der Waals surface area (Å²) in [5, 5.41) is 11.1. The molecule has 28 heavy (non-hydrogen) atoms. The Morgan fingerprint density at radius 1 is 1.14 bits per heavy atom. The molecule has 5 nitrogen and oxygen atoms in total. The van der Waals surface area contributed by atoms with Gasteiger partial charge in [-0.2, -0.15) is 11.3 Å². The molecule has 0 fully saturated rings. The van der Waals surface area contributed by atoms with Gasteiger partial charge in [-0.3, -0.25) is 9.98 Å². The van der Waals surface area contributed by atoms with Crippen molar-refractivity contribution in [2.75, 3.05) is 13.6 Å². The molecule has 0 saturated carbocycles. The Labute approximate surface area is 170 Å². The predicted molar refractivity (Wildman–Crippen MR) is 116 cm³/mol. The van der Waals surface area contributed by atoms with Crippen LogP contribution in [0.1, 0.15) is 29.7 Å². The standard InChI is InChI=1S/C22H26N4OS/c1-17(19-10-12-28-16-19)13-25-22(23-2)26-14-18-6-8-21(9-7-18)27-15-20-5-3-4-11-24-20/h3-12,16-17H,13-15H2,1-2H3,(H2,23,25,26). The molecule has 0 bridgehead atoms. The van der Waals surface area contributed by atoms with Gasteiger partial charge in [0, 0.05) is 26.3 Å². The fourth-order valence-electron chi connectivity index (χ4n) is 2.67. The van der Waals surface area contributed by atoms with Crippen LogP contribution in [0.25, 0.3) is 0 Å². The summed E-state index contributed by atoms with van der Waals surface area (Å²) < 4.78 is 5.78. The van der Waals surface area contributed by atoms with Crippen molar-refractivity contribution in [3.63, 3.8) is 0 Å². The van der Waals surface area contributed by atoms with Gasteiger partial charge in [0.1, 0.15) is 12.4 Å². The highest BCUT2D eigenvalue weighted by atomic mass is 32.1. The van der Waals surface area contributed by atoms with E-state index in [1.54, 1.807) is 24.6 Å². The Morgan fingerprint density at radius 3 is 2.68 bits per heavy atom. The minimum atomic E-state index is 0.445. The molecule has 1 unspecified atom stereocenters. The summed E-state index contributed by atoms with van der Waals surface area (Å²) in [6.45, 7) is 4.23. The maximum Gasteiger partial charge on any atom is 0.191 e. The van der Waals surface area contributed by atoms with Gasteiger partial charge in [-0.1, -0.05) is 25.1 Å². The number of hydrogen-bond acceptors (Lipinski definition) is 4. The molecule has 2 aromatic heterocycles. The average molecular weight is 395 g/mol. The Bertz CT molecular complexity index is 848. The molecule has 0 spiro atoms. The van der Waals surface area contributed by atoms with E-state index in [4.69, 9.17) is 4.74 Å². The molecule has 2 heterocycles. The van der Waals surface area contributed by atoms with Crippen molar-refractivity contribution < 1.29 is 4.74 Å². The van der Waals surface area contributed by atoms with Gasteiger partial charge in [0.05, 0.1) is 5.69 Å². The number of aromatic nitrogens is 1. The molecular weight excluding hydrogens is 368 g/mol. The zero-order valence-corrected chi connectivity index (χ0v) is 17.1. The molecule has 0 radical (unpaired) electrons. The van der Waals surface area contributed by atoms with Crippen molar-refractivity contribution in [3.05, 3.63) is 82.3 Å². The predicted octanol–water partition coefficient (Wildman–Crippen LogP) is 4.19. The smallest absolute Gasteiger partial charge is 0.191 e. The maximum atomic E-state index is 5.78. The lowest BCUT2D eigenvalue weighted by Crippen LogP contribution is -2.38. The normalized spacial score (nSPS) is 12.4. The Kier molecular flexibility index (Phi) is 7.44. The van der Waals surface area contributed by atoms with Gasteiger partial charge in [-0.25, -0.2) is 0 Å². The van der Waals surface area contributed by atoms with Gasteiger partial charge < -0.3 is 15.4 Å². The Hall–Kier alpha value is -2.86. The van der Waals surface area contributed by atoms with E-state index in [-0.39, 0.29) is 0 Å². The minimum absolute atomic E-state index is 0.445. The second-order valence-corrected chi connectivity index (χ2v) is 7.30. The second-order valence-electron chi connectivity index (χ2n) is 6.52. The number of rotatable bonds is 8. The Balaban J connectivity index is 1.43. The zero-order valence-electron chi connectivity index (χ0n) is 16.3. The van der Waals surface area contributed by atoms with E-state index in [2.05, 4.69) is 56.5 Å². The second kappa shape index (κ2) is 10.5. The number of guanidine groups is 1. The highest BCUT2D eigenvalue weighted by Crippen LogP contribution is 2.17. The molecule has 0 saturated heterocycles. The highest BCUT2D eigenvalue weighted by molar-refractivity contribution is 7.07. The monoisotopic (exact) mass is 394 g/mol. The molecule has 1 aromatic carbocycles. The third-order valence-electron chi connectivity index (χ3n) is 4.41. The van der Waals surface area contributed by atoms with E-state index in [9.17, 15) is 0 Å². The number of ether oxygens (including phenoxy) is 1. The van der Waals surface area contributed by atoms with Gasteiger partial charge in [-0.05, 0) is 58.1 Å². The van der Waals surface area contributed by atoms with E-state index < -0.39 is 0 Å². The lowest BCUT2D eigenvalue weighted by atomic mass is 10.1. The van der Waals surface area contributed by atoms with Crippen molar-refractivity contribution in [1.82, 2.24) is 15.6 Å². The van der Waals surface area contributed by atoms with E-state index in [1.807, 2.05) is 30.3 Å². The van der Waals surface area contributed by atoms with Gasteiger partial charge in [0.2, 0.25) is 0 Å². The summed E-state index contributed by atoms with van der Waals surface area (Å²) in [5.41, 5.74) is 3.44. The van der Waals surface area contributed by atoms with Crippen LogP contribution in [0.15, 0.2) is 70.5 Å². The van der Waals surface area contributed by atoms with Crippen molar-refractivity contribution in [1.29, 1.82) is 0 Å².